The van der Waals surface area contributed by atoms with Gasteiger partial charge in [0.15, 0.2) is 0 Å². The first kappa shape index (κ1) is 26.7. The molecule has 1 aliphatic rings. The minimum atomic E-state index is -0.739. The first-order chi connectivity index (χ1) is 15.0. The van der Waals surface area contributed by atoms with Crippen LogP contribution in [0.25, 0.3) is 0 Å². The molecule has 180 valence electrons. The molecule has 1 unspecified atom stereocenters. The number of anilines is 1. The number of hydrogen-bond donors (Lipinski definition) is 3. The van der Waals surface area contributed by atoms with Crippen molar-refractivity contribution in [1.29, 1.82) is 0 Å². The first-order valence-corrected chi connectivity index (χ1v) is 11.2. The summed E-state index contributed by atoms with van der Waals surface area (Å²) < 4.78 is 0. The van der Waals surface area contributed by atoms with Crippen LogP contribution in [0, 0.1) is 26.2 Å². The molecule has 0 saturated carbocycles. The van der Waals surface area contributed by atoms with Crippen molar-refractivity contribution >= 4 is 29.9 Å². The third-order valence-corrected chi connectivity index (χ3v) is 6.96. The number of phenols is 1. The number of benzene rings is 2. The van der Waals surface area contributed by atoms with Gasteiger partial charge in [0.1, 0.15) is 11.8 Å². The Kier molecular flexibility index (Phi) is 8.20. The third-order valence-electron chi connectivity index (χ3n) is 6.96. The van der Waals surface area contributed by atoms with Crippen molar-refractivity contribution in [3.05, 3.63) is 57.6 Å². The van der Waals surface area contributed by atoms with E-state index in [0.717, 1.165) is 27.8 Å². The average molecular weight is 474 g/mol. The Hall–Kier alpha value is -2.57. The number of nitrogens with two attached hydrogens (primary N) is 1. The summed E-state index contributed by atoms with van der Waals surface area (Å²) in [6.45, 7) is 12.2. The highest BCUT2D eigenvalue weighted by molar-refractivity contribution is 5.99. The standard InChI is InChI=1S/C26H35N3O3.ClH/c1-7-26(5,6)25(32)29-11-10-19-9-8-18(14-27)13-20(19)22(29)24(31)28-21-12-15(2)23(30)17(4)16(21)3;/h8-9,12-13,22,30H,7,10-11,14,27H2,1-6H3,(H,28,31);1H. The van der Waals surface area contributed by atoms with Crippen molar-refractivity contribution in [1.82, 2.24) is 4.90 Å². The number of fused-ring (bicyclic) bond motifs is 1. The maximum Gasteiger partial charge on any atom is 0.251 e. The second-order valence-electron chi connectivity index (χ2n) is 9.45. The minimum absolute atomic E-state index is 0. The summed E-state index contributed by atoms with van der Waals surface area (Å²) in [7, 11) is 0. The van der Waals surface area contributed by atoms with E-state index in [1.807, 2.05) is 52.8 Å². The topological polar surface area (TPSA) is 95.7 Å². The van der Waals surface area contributed by atoms with Crippen LogP contribution in [0.3, 0.4) is 0 Å². The predicted molar refractivity (Wildman–Crippen MR) is 135 cm³/mol. The molecule has 0 aliphatic carbocycles. The molecule has 1 aliphatic heterocycles. The highest BCUT2D eigenvalue weighted by atomic mass is 35.5. The molecular weight excluding hydrogens is 438 g/mol. The summed E-state index contributed by atoms with van der Waals surface area (Å²) in [5.41, 5.74) is 11.0. The lowest BCUT2D eigenvalue weighted by Gasteiger charge is -2.40. The summed E-state index contributed by atoms with van der Waals surface area (Å²) in [4.78, 5) is 28.9. The molecule has 1 atom stereocenters. The van der Waals surface area contributed by atoms with E-state index in [1.54, 1.807) is 17.9 Å². The molecule has 6 nitrogen and oxygen atoms in total. The molecule has 1 heterocycles. The highest BCUT2D eigenvalue weighted by Crippen LogP contribution is 2.37. The summed E-state index contributed by atoms with van der Waals surface area (Å²) in [5, 5.41) is 13.3. The quantitative estimate of drug-likeness (QED) is 0.548. The van der Waals surface area contributed by atoms with E-state index in [1.165, 1.54) is 0 Å². The van der Waals surface area contributed by atoms with Crippen molar-refractivity contribution in [3.8, 4) is 5.75 Å². The fraction of sp³-hybridized carbons (Fsp3) is 0.462. The fourth-order valence-electron chi connectivity index (χ4n) is 4.23. The van der Waals surface area contributed by atoms with Gasteiger partial charge in [-0.15, -0.1) is 12.4 Å². The second-order valence-corrected chi connectivity index (χ2v) is 9.45. The van der Waals surface area contributed by atoms with Gasteiger partial charge in [-0.05, 0) is 73.1 Å². The Labute approximate surface area is 203 Å². The Morgan fingerprint density at radius 2 is 1.85 bits per heavy atom. The number of nitrogens with zero attached hydrogens (tertiary/aromatic N) is 1. The van der Waals surface area contributed by atoms with Crippen LogP contribution < -0.4 is 11.1 Å². The molecule has 33 heavy (non-hydrogen) atoms. The summed E-state index contributed by atoms with van der Waals surface area (Å²) in [6.07, 6.45) is 1.38. The Morgan fingerprint density at radius 3 is 2.45 bits per heavy atom. The number of rotatable bonds is 5. The second kappa shape index (κ2) is 10.1. The van der Waals surface area contributed by atoms with Gasteiger partial charge < -0.3 is 21.1 Å². The number of nitrogens with one attached hydrogen (secondary N) is 1. The zero-order chi connectivity index (χ0) is 23.8. The molecule has 2 aromatic rings. The van der Waals surface area contributed by atoms with Gasteiger partial charge >= 0.3 is 0 Å². The van der Waals surface area contributed by atoms with Gasteiger partial charge in [-0.25, -0.2) is 0 Å². The molecule has 7 heteroatoms. The molecular formula is C26H36ClN3O3. The SMILES string of the molecule is CCC(C)(C)C(=O)N1CCc2ccc(CN)cc2C1C(=O)Nc1cc(C)c(O)c(C)c1C.Cl. The largest absolute Gasteiger partial charge is 0.507 e. The molecule has 0 aromatic heterocycles. The molecule has 0 radical (unpaired) electrons. The number of amides is 2. The van der Waals surface area contributed by atoms with Crippen LogP contribution in [0.2, 0.25) is 0 Å². The van der Waals surface area contributed by atoms with Crippen LogP contribution in [0.1, 0.15) is 66.6 Å². The van der Waals surface area contributed by atoms with Crippen molar-refractivity contribution < 1.29 is 14.7 Å². The molecule has 0 saturated heterocycles. The Balaban J connectivity index is 0.00000385. The fourth-order valence-corrected chi connectivity index (χ4v) is 4.23. The lowest BCUT2D eigenvalue weighted by atomic mass is 9.84. The van der Waals surface area contributed by atoms with Gasteiger partial charge in [0, 0.05) is 24.2 Å². The van der Waals surface area contributed by atoms with Gasteiger partial charge in [0.25, 0.3) is 5.91 Å². The third kappa shape index (κ3) is 5.02. The molecule has 0 bridgehead atoms. The number of aryl methyl sites for hydroxylation is 1. The van der Waals surface area contributed by atoms with E-state index in [9.17, 15) is 14.7 Å². The molecule has 0 spiro atoms. The van der Waals surface area contributed by atoms with E-state index in [4.69, 9.17) is 5.73 Å². The van der Waals surface area contributed by atoms with Crippen LogP contribution in [0.5, 0.6) is 5.75 Å². The molecule has 3 rings (SSSR count). The van der Waals surface area contributed by atoms with Gasteiger partial charge in [0.05, 0.1) is 0 Å². The zero-order valence-corrected chi connectivity index (χ0v) is 21.2. The lowest BCUT2D eigenvalue weighted by molar-refractivity contribution is -0.147. The average Bonchev–Trinajstić information content (AvgIpc) is 2.79. The Morgan fingerprint density at radius 1 is 1.18 bits per heavy atom. The van der Waals surface area contributed by atoms with Crippen molar-refractivity contribution in [2.45, 2.75) is 67.0 Å². The number of carbonyl (C=O) groups is 2. The van der Waals surface area contributed by atoms with Crippen LogP contribution in [0.4, 0.5) is 5.69 Å². The van der Waals surface area contributed by atoms with E-state index in [2.05, 4.69) is 5.32 Å². The van der Waals surface area contributed by atoms with Crippen molar-refractivity contribution in [2.24, 2.45) is 11.1 Å². The van der Waals surface area contributed by atoms with Crippen LogP contribution in [-0.2, 0) is 22.6 Å². The summed E-state index contributed by atoms with van der Waals surface area (Å²) in [6, 6.07) is 7.00. The molecule has 2 aromatic carbocycles. The number of halogens is 1. The van der Waals surface area contributed by atoms with E-state index in [0.29, 0.717) is 37.2 Å². The molecule has 2 amide bonds. The van der Waals surface area contributed by atoms with E-state index >= 15 is 0 Å². The summed E-state index contributed by atoms with van der Waals surface area (Å²) >= 11 is 0. The van der Waals surface area contributed by atoms with Crippen LogP contribution >= 0.6 is 12.4 Å². The van der Waals surface area contributed by atoms with Crippen molar-refractivity contribution in [2.75, 3.05) is 11.9 Å². The highest BCUT2D eigenvalue weighted by Gasteiger charge is 2.41. The van der Waals surface area contributed by atoms with Gasteiger partial charge in [0.2, 0.25) is 5.91 Å². The maximum atomic E-state index is 13.7. The number of carbonyl (C=O) groups excluding carboxylic acids is 2. The lowest BCUT2D eigenvalue weighted by Crippen LogP contribution is -2.49. The maximum absolute atomic E-state index is 13.7. The van der Waals surface area contributed by atoms with Gasteiger partial charge in [-0.1, -0.05) is 39.0 Å². The minimum Gasteiger partial charge on any atom is -0.507 e. The number of phenolic OH excluding ortho intramolecular Hbond substituents is 1. The number of aromatic hydroxyl groups is 1. The van der Waals surface area contributed by atoms with Crippen molar-refractivity contribution in [3.63, 3.8) is 0 Å². The Bertz CT molecular complexity index is 1070. The van der Waals surface area contributed by atoms with Gasteiger partial charge in [-0.2, -0.15) is 0 Å². The molecule has 0 fully saturated rings. The first-order valence-electron chi connectivity index (χ1n) is 11.2. The smallest absolute Gasteiger partial charge is 0.251 e. The van der Waals surface area contributed by atoms with E-state index < -0.39 is 11.5 Å². The van der Waals surface area contributed by atoms with Crippen LogP contribution in [-0.4, -0.2) is 28.4 Å². The van der Waals surface area contributed by atoms with Crippen LogP contribution in [0.15, 0.2) is 24.3 Å². The zero-order valence-electron chi connectivity index (χ0n) is 20.4. The summed E-state index contributed by atoms with van der Waals surface area (Å²) in [5.74, 6) is -0.0516. The molecule has 4 N–H and O–H groups in total. The predicted octanol–water partition coefficient (Wildman–Crippen LogP) is 4.70. The normalized spacial score (nSPS) is 15.5. The van der Waals surface area contributed by atoms with E-state index in [-0.39, 0.29) is 30.0 Å². The number of hydrogen-bond acceptors (Lipinski definition) is 4. The monoisotopic (exact) mass is 473 g/mol. The van der Waals surface area contributed by atoms with Gasteiger partial charge in [-0.3, -0.25) is 9.59 Å².